The molecule has 0 aromatic carbocycles. The van der Waals surface area contributed by atoms with E-state index >= 15 is 0 Å². The molecule has 0 spiro atoms. The maximum atomic E-state index is 6.67. The minimum absolute atomic E-state index is 0.378. The third-order valence-corrected chi connectivity index (χ3v) is 5.74. The van der Waals surface area contributed by atoms with Gasteiger partial charge in [0.25, 0.3) is 0 Å². The van der Waals surface area contributed by atoms with Gasteiger partial charge >= 0.3 is 0 Å². The smallest absolute Gasteiger partial charge is 0.156 e. The number of hydrogen-bond acceptors (Lipinski definition) is 6. The summed E-state index contributed by atoms with van der Waals surface area (Å²) in [4.78, 5) is 9.21. The van der Waals surface area contributed by atoms with Gasteiger partial charge in [0.15, 0.2) is 5.82 Å². The van der Waals surface area contributed by atoms with Gasteiger partial charge in [0.2, 0.25) is 0 Å². The van der Waals surface area contributed by atoms with Gasteiger partial charge in [0.1, 0.15) is 11.3 Å². The van der Waals surface area contributed by atoms with Crippen molar-refractivity contribution >= 4 is 15.9 Å². The molecule has 26 heavy (non-hydrogen) atoms. The number of aromatic nitrogens is 4. The van der Waals surface area contributed by atoms with Crippen molar-refractivity contribution in [2.45, 2.75) is 37.8 Å². The molecular formula is C18H21BrN6O. The SMILES string of the molecule is COC1=CC(Br)=C(N)CC1(N)c1nccc(-c2cnn3c2CCCC3)n1. The van der Waals surface area contributed by atoms with E-state index in [2.05, 4.69) is 30.7 Å². The highest BCUT2D eigenvalue weighted by Gasteiger charge is 2.40. The number of fused-ring (bicyclic) bond motifs is 1. The Morgan fingerprint density at radius 2 is 2.19 bits per heavy atom. The van der Waals surface area contributed by atoms with Gasteiger partial charge in [-0.05, 0) is 47.3 Å². The van der Waals surface area contributed by atoms with Crippen molar-refractivity contribution in [3.8, 4) is 11.3 Å². The molecule has 1 aliphatic heterocycles. The first-order chi connectivity index (χ1) is 12.5. The van der Waals surface area contributed by atoms with Gasteiger partial charge in [-0.25, -0.2) is 9.97 Å². The Labute approximate surface area is 160 Å². The lowest BCUT2D eigenvalue weighted by atomic mass is 9.87. The molecule has 0 bridgehead atoms. The van der Waals surface area contributed by atoms with Crippen molar-refractivity contribution in [3.05, 3.63) is 52.0 Å². The van der Waals surface area contributed by atoms with Gasteiger partial charge in [-0.15, -0.1) is 0 Å². The number of halogens is 1. The third kappa shape index (κ3) is 2.73. The second kappa shape index (κ2) is 6.51. The fourth-order valence-corrected chi connectivity index (χ4v) is 3.95. The number of rotatable bonds is 3. The fraction of sp³-hybridized carbons (Fsp3) is 0.389. The van der Waals surface area contributed by atoms with Crippen molar-refractivity contribution in [1.82, 2.24) is 19.7 Å². The number of hydrogen-bond donors (Lipinski definition) is 2. The van der Waals surface area contributed by atoms with E-state index in [0.29, 0.717) is 23.7 Å². The molecule has 0 fully saturated rings. The Hall–Kier alpha value is -2.19. The predicted molar refractivity (Wildman–Crippen MR) is 102 cm³/mol. The second-order valence-corrected chi connectivity index (χ2v) is 7.54. The van der Waals surface area contributed by atoms with Crippen molar-refractivity contribution in [2.75, 3.05) is 7.11 Å². The van der Waals surface area contributed by atoms with Crippen LogP contribution in [0.1, 0.15) is 30.8 Å². The molecule has 136 valence electrons. The summed E-state index contributed by atoms with van der Waals surface area (Å²) in [5.74, 6) is 1.06. The maximum absolute atomic E-state index is 6.67. The molecule has 2 aromatic heterocycles. The first kappa shape index (κ1) is 17.2. The molecular weight excluding hydrogens is 396 g/mol. The van der Waals surface area contributed by atoms with Crippen LogP contribution < -0.4 is 11.5 Å². The van der Waals surface area contributed by atoms with Crippen LogP contribution in [0, 0.1) is 0 Å². The summed E-state index contributed by atoms with van der Waals surface area (Å²) in [6.45, 7) is 0.958. The van der Waals surface area contributed by atoms with Crippen LogP contribution in [0.25, 0.3) is 11.3 Å². The molecule has 0 saturated heterocycles. The van der Waals surface area contributed by atoms with Gasteiger partial charge in [0, 0.05) is 40.6 Å². The molecule has 4 N–H and O–H groups in total. The number of methoxy groups -OCH3 is 1. The molecule has 7 nitrogen and oxygen atoms in total. The van der Waals surface area contributed by atoms with Crippen LogP contribution in [0.5, 0.6) is 0 Å². The summed E-state index contributed by atoms with van der Waals surface area (Å²) in [5.41, 5.74) is 15.5. The molecule has 8 heteroatoms. The second-order valence-electron chi connectivity index (χ2n) is 6.68. The third-order valence-electron chi connectivity index (χ3n) is 5.01. The highest BCUT2D eigenvalue weighted by molar-refractivity contribution is 9.11. The first-order valence-electron chi connectivity index (χ1n) is 8.60. The van der Waals surface area contributed by atoms with E-state index in [9.17, 15) is 0 Å². The van der Waals surface area contributed by atoms with Gasteiger partial charge in [-0.3, -0.25) is 4.68 Å². The zero-order valence-corrected chi connectivity index (χ0v) is 16.2. The first-order valence-corrected chi connectivity index (χ1v) is 9.40. The quantitative estimate of drug-likeness (QED) is 0.795. The van der Waals surface area contributed by atoms with E-state index < -0.39 is 5.54 Å². The van der Waals surface area contributed by atoms with E-state index in [1.165, 1.54) is 12.1 Å². The number of allylic oxidation sites excluding steroid dienone is 2. The Kier molecular flexibility index (Phi) is 4.32. The van der Waals surface area contributed by atoms with Crippen molar-refractivity contribution in [3.63, 3.8) is 0 Å². The molecule has 3 heterocycles. The van der Waals surface area contributed by atoms with Crippen LogP contribution in [-0.4, -0.2) is 26.9 Å². The lowest BCUT2D eigenvalue weighted by molar-refractivity contribution is 0.211. The molecule has 1 unspecified atom stereocenters. The predicted octanol–water partition coefficient (Wildman–Crippen LogP) is 2.33. The highest BCUT2D eigenvalue weighted by atomic mass is 79.9. The zero-order chi connectivity index (χ0) is 18.3. The van der Waals surface area contributed by atoms with Gasteiger partial charge in [0.05, 0.1) is 19.0 Å². The summed E-state index contributed by atoms with van der Waals surface area (Å²) >= 11 is 3.44. The topological polar surface area (TPSA) is 105 Å². The number of nitrogens with zero attached hydrogens (tertiary/aromatic N) is 4. The normalized spacial score (nSPS) is 22.8. The van der Waals surface area contributed by atoms with Gasteiger partial charge in [-0.2, -0.15) is 5.10 Å². The van der Waals surface area contributed by atoms with E-state index in [-0.39, 0.29) is 0 Å². The van der Waals surface area contributed by atoms with Crippen molar-refractivity contribution in [1.29, 1.82) is 0 Å². The molecule has 1 aliphatic carbocycles. The lowest BCUT2D eigenvalue weighted by Crippen LogP contribution is -2.44. The molecule has 4 rings (SSSR count). The van der Waals surface area contributed by atoms with Crippen LogP contribution >= 0.6 is 15.9 Å². The maximum Gasteiger partial charge on any atom is 0.156 e. The minimum atomic E-state index is -1.00. The molecule has 0 saturated carbocycles. The van der Waals surface area contributed by atoms with Crippen LogP contribution in [0.15, 0.2) is 40.5 Å². The molecule has 2 aromatic rings. The van der Waals surface area contributed by atoms with E-state index in [1.807, 2.05) is 12.3 Å². The van der Waals surface area contributed by atoms with Gasteiger partial charge in [-0.1, -0.05) is 0 Å². The molecule has 1 atom stereocenters. The zero-order valence-electron chi connectivity index (χ0n) is 14.6. The van der Waals surface area contributed by atoms with Crippen molar-refractivity contribution < 1.29 is 4.74 Å². The van der Waals surface area contributed by atoms with Crippen LogP contribution in [0.2, 0.25) is 0 Å². The summed E-state index contributed by atoms with van der Waals surface area (Å²) in [6.07, 6.45) is 9.12. The van der Waals surface area contributed by atoms with Crippen LogP contribution in [0.3, 0.4) is 0 Å². The standard InChI is InChI=1S/C18H21BrN6O/c1-26-16-8-12(19)13(20)9-18(16,21)17-22-6-5-14(24-17)11-10-23-25-7-3-2-4-15(11)25/h5-6,8,10H,2-4,7,9,20-21H2,1H3. The number of ether oxygens (including phenoxy) is 1. The fourth-order valence-electron chi connectivity index (χ4n) is 3.60. The van der Waals surface area contributed by atoms with E-state index in [1.54, 1.807) is 19.4 Å². The molecule has 2 aliphatic rings. The van der Waals surface area contributed by atoms with E-state index in [4.69, 9.17) is 21.2 Å². The number of aryl methyl sites for hydroxylation is 1. The van der Waals surface area contributed by atoms with Crippen LogP contribution in [0.4, 0.5) is 0 Å². The number of nitrogens with two attached hydrogens (primary N) is 2. The highest BCUT2D eigenvalue weighted by Crippen LogP contribution is 2.38. The lowest BCUT2D eigenvalue weighted by Gasteiger charge is -2.32. The Bertz CT molecular complexity index is 918. The largest absolute Gasteiger partial charge is 0.499 e. The molecule has 0 radical (unpaired) electrons. The summed E-state index contributed by atoms with van der Waals surface area (Å²) in [6, 6.07) is 1.90. The summed E-state index contributed by atoms with van der Waals surface area (Å²) < 4.78 is 8.36. The van der Waals surface area contributed by atoms with Crippen LogP contribution in [-0.2, 0) is 23.2 Å². The minimum Gasteiger partial charge on any atom is -0.499 e. The molecule has 0 amide bonds. The average Bonchev–Trinajstić information content (AvgIpc) is 3.09. The summed E-state index contributed by atoms with van der Waals surface area (Å²) in [7, 11) is 1.59. The Balaban J connectivity index is 1.77. The van der Waals surface area contributed by atoms with Gasteiger partial charge < -0.3 is 16.2 Å². The van der Waals surface area contributed by atoms with E-state index in [0.717, 1.165) is 35.1 Å². The monoisotopic (exact) mass is 416 g/mol. The Morgan fingerprint density at radius 3 is 3.00 bits per heavy atom. The summed E-state index contributed by atoms with van der Waals surface area (Å²) in [5, 5.41) is 4.50. The average molecular weight is 417 g/mol. The Morgan fingerprint density at radius 1 is 1.35 bits per heavy atom. The van der Waals surface area contributed by atoms with Crippen molar-refractivity contribution in [2.24, 2.45) is 11.5 Å².